The van der Waals surface area contributed by atoms with Crippen molar-refractivity contribution in [1.29, 1.82) is 0 Å². The number of carbonyl (C=O) groups is 1. The lowest BCUT2D eigenvalue weighted by atomic mass is 10.2. The maximum Gasteiger partial charge on any atom is 0.331 e. The number of esters is 1. The van der Waals surface area contributed by atoms with Crippen molar-refractivity contribution in [3.8, 4) is 0 Å². The van der Waals surface area contributed by atoms with Crippen LogP contribution in [0.1, 0.15) is 18.3 Å². The first-order valence-corrected chi connectivity index (χ1v) is 11.5. The van der Waals surface area contributed by atoms with Crippen LogP contribution in [0.25, 0.3) is 0 Å². The molecule has 0 bridgehead atoms. The van der Waals surface area contributed by atoms with Gasteiger partial charge in [0, 0.05) is 16.3 Å². The van der Waals surface area contributed by atoms with E-state index in [0.717, 1.165) is 0 Å². The molecule has 4 rings (SSSR count). The molecule has 0 spiro atoms. The Morgan fingerprint density at radius 1 is 1.18 bits per heavy atom. The van der Waals surface area contributed by atoms with Gasteiger partial charge >= 0.3 is 5.97 Å². The normalized spacial score (nSPS) is 16.0. The number of nitrogens with zero attached hydrogens (tertiary/aromatic N) is 4. The van der Waals surface area contributed by atoms with Crippen molar-refractivity contribution in [2.75, 3.05) is 11.1 Å². The van der Waals surface area contributed by atoms with Crippen LogP contribution in [0.15, 0.2) is 58.4 Å². The molecule has 0 radical (unpaired) electrons. The number of aliphatic imine (C=N–C) groups is 1. The zero-order chi connectivity index (χ0) is 23.6. The highest BCUT2D eigenvalue weighted by Gasteiger charge is 2.31. The molecular weight excluding hydrogens is 470 g/mol. The van der Waals surface area contributed by atoms with Gasteiger partial charge < -0.3 is 15.8 Å². The Morgan fingerprint density at radius 3 is 2.67 bits per heavy atom. The number of nitrogens with two attached hydrogens (primary N) is 1. The van der Waals surface area contributed by atoms with Crippen molar-refractivity contribution in [2.24, 2.45) is 4.99 Å². The quantitative estimate of drug-likeness (QED) is 0.441. The van der Waals surface area contributed by atoms with E-state index in [-0.39, 0.29) is 35.1 Å². The first-order chi connectivity index (χ1) is 15.7. The second-order valence-corrected chi connectivity index (χ2v) is 9.02. The van der Waals surface area contributed by atoms with Crippen LogP contribution >= 0.6 is 11.6 Å². The molecule has 3 aromatic rings. The third-order valence-electron chi connectivity index (χ3n) is 4.47. The molecule has 0 aliphatic carbocycles. The zero-order valence-electron chi connectivity index (χ0n) is 17.2. The van der Waals surface area contributed by atoms with Gasteiger partial charge in [0.25, 0.3) is 10.0 Å². The van der Waals surface area contributed by atoms with E-state index >= 15 is 0 Å². The number of fused-ring (bicyclic) bond motifs is 1. The summed E-state index contributed by atoms with van der Waals surface area (Å²) in [5, 5.41) is 3.54. The van der Waals surface area contributed by atoms with Gasteiger partial charge in [0.05, 0.1) is 4.90 Å². The number of rotatable bonds is 6. The Hall–Kier alpha value is -3.77. The van der Waals surface area contributed by atoms with Gasteiger partial charge in [0.1, 0.15) is 11.9 Å². The average Bonchev–Trinajstić information content (AvgIpc) is 3.03. The molecular formula is C20H18ClN7O4S. The lowest BCUT2D eigenvalue weighted by Crippen LogP contribution is -2.26. The van der Waals surface area contributed by atoms with Crippen LogP contribution in [0.5, 0.6) is 0 Å². The largest absolute Gasteiger partial charge is 0.456 e. The molecule has 2 aromatic carbocycles. The molecule has 2 heterocycles. The third kappa shape index (κ3) is 5.18. The number of nitrogen functional groups attached to an aromatic ring is 1. The second kappa shape index (κ2) is 9.00. The number of halogens is 1. The number of ether oxygens (including phenoxy) is 1. The van der Waals surface area contributed by atoms with Crippen LogP contribution < -0.4 is 15.8 Å². The van der Waals surface area contributed by atoms with Crippen molar-refractivity contribution in [3.05, 3.63) is 64.9 Å². The van der Waals surface area contributed by atoms with Gasteiger partial charge in [0.2, 0.25) is 11.9 Å². The molecule has 11 nitrogen and oxygen atoms in total. The van der Waals surface area contributed by atoms with E-state index < -0.39 is 22.0 Å². The van der Waals surface area contributed by atoms with Crippen LogP contribution in [0.2, 0.25) is 5.02 Å². The molecule has 1 aliphatic rings. The maximum absolute atomic E-state index is 12.4. The fourth-order valence-corrected chi connectivity index (χ4v) is 4.32. The Balaban J connectivity index is 1.43. The number of aromatic nitrogens is 3. The number of benzene rings is 2. The molecule has 0 fully saturated rings. The standard InChI is InChI=1S/C20H18ClN7O4S/c1-11(23-17-14-4-2-3-5-15(14)33(30,31)28-17)18(29)32-10-16-25-19(22)27-20(26-16)24-13-8-6-12(21)7-9-13/h2-9,11H,10H2,1H3,(H,23,28)(H3,22,24,25,26,27)/t11-/m0/s1. The van der Waals surface area contributed by atoms with Crippen LogP contribution in [0.4, 0.5) is 17.6 Å². The summed E-state index contributed by atoms with van der Waals surface area (Å²) in [6.07, 6.45) is 0. The monoisotopic (exact) mass is 487 g/mol. The molecule has 0 amide bonds. The number of sulfonamides is 1. The maximum atomic E-state index is 12.4. The predicted octanol–water partition coefficient (Wildman–Crippen LogP) is 2.02. The molecule has 1 atom stereocenters. The van der Waals surface area contributed by atoms with E-state index in [1.54, 1.807) is 42.5 Å². The molecule has 0 unspecified atom stereocenters. The summed E-state index contributed by atoms with van der Waals surface area (Å²) in [5.41, 5.74) is 6.80. The molecule has 1 aromatic heterocycles. The minimum absolute atomic E-state index is 0.0576. The highest BCUT2D eigenvalue weighted by molar-refractivity contribution is 7.90. The molecule has 0 saturated carbocycles. The summed E-state index contributed by atoms with van der Waals surface area (Å²) < 4.78 is 31.9. The van der Waals surface area contributed by atoms with Crippen LogP contribution in [-0.4, -0.2) is 41.2 Å². The van der Waals surface area contributed by atoms with Gasteiger partial charge in [0.15, 0.2) is 12.4 Å². The van der Waals surface area contributed by atoms with E-state index in [9.17, 15) is 13.2 Å². The molecule has 13 heteroatoms. The lowest BCUT2D eigenvalue weighted by Gasteiger charge is -2.10. The van der Waals surface area contributed by atoms with Gasteiger partial charge in [-0.05, 0) is 43.3 Å². The Kier molecular flexibility index (Phi) is 6.11. The summed E-state index contributed by atoms with van der Waals surface area (Å²) in [6, 6.07) is 12.2. The van der Waals surface area contributed by atoms with E-state index in [0.29, 0.717) is 16.3 Å². The predicted molar refractivity (Wildman–Crippen MR) is 122 cm³/mol. The summed E-state index contributed by atoms with van der Waals surface area (Å²) in [7, 11) is -3.71. The average molecular weight is 488 g/mol. The fourth-order valence-electron chi connectivity index (χ4n) is 2.95. The number of anilines is 3. The molecule has 0 saturated heterocycles. The minimum Gasteiger partial charge on any atom is -0.456 e. The summed E-state index contributed by atoms with van der Waals surface area (Å²) in [5.74, 6) is -0.385. The molecule has 1 aliphatic heterocycles. The molecule has 4 N–H and O–H groups in total. The Bertz CT molecular complexity index is 1350. The van der Waals surface area contributed by atoms with E-state index in [2.05, 4.69) is 30.0 Å². The molecule has 170 valence electrons. The second-order valence-electron chi connectivity index (χ2n) is 6.93. The van der Waals surface area contributed by atoms with E-state index in [1.807, 2.05) is 0 Å². The van der Waals surface area contributed by atoms with Crippen LogP contribution in [-0.2, 0) is 26.2 Å². The highest BCUT2D eigenvalue weighted by Crippen LogP contribution is 2.23. The first kappa shape index (κ1) is 22.4. The minimum atomic E-state index is -3.71. The van der Waals surface area contributed by atoms with Crippen molar-refractivity contribution >= 4 is 51.0 Å². The SMILES string of the molecule is C[C@H](N=C1NS(=O)(=O)c2ccccc21)C(=O)OCc1nc(N)nc(Nc2ccc(Cl)cc2)n1. The fraction of sp³-hybridized carbons (Fsp3) is 0.150. The van der Waals surface area contributed by atoms with Crippen molar-refractivity contribution < 1.29 is 17.9 Å². The van der Waals surface area contributed by atoms with Crippen molar-refractivity contribution in [2.45, 2.75) is 24.5 Å². The van der Waals surface area contributed by atoms with Crippen molar-refractivity contribution in [1.82, 2.24) is 19.7 Å². The summed E-state index contributed by atoms with van der Waals surface area (Å²) in [4.78, 5) is 28.9. The van der Waals surface area contributed by atoms with Gasteiger partial charge in [-0.1, -0.05) is 23.7 Å². The van der Waals surface area contributed by atoms with Gasteiger partial charge in [-0.3, -0.25) is 9.71 Å². The van der Waals surface area contributed by atoms with Gasteiger partial charge in [-0.2, -0.15) is 15.0 Å². The number of carbonyl (C=O) groups excluding carboxylic acids is 1. The number of hydrogen-bond donors (Lipinski definition) is 3. The van der Waals surface area contributed by atoms with Crippen molar-refractivity contribution in [3.63, 3.8) is 0 Å². The number of amidine groups is 1. The number of nitrogens with one attached hydrogen (secondary N) is 2. The summed E-state index contributed by atoms with van der Waals surface area (Å²) >= 11 is 5.87. The number of hydrogen-bond acceptors (Lipinski definition) is 10. The van der Waals surface area contributed by atoms with Gasteiger partial charge in [-0.15, -0.1) is 0 Å². The highest BCUT2D eigenvalue weighted by atomic mass is 35.5. The molecule has 33 heavy (non-hydrogen) atoms. The Morgan fingerprint density at radius 2 is 1.91 bits per heavy atom. The smallest absolute Gasteiger partial charge is 0.331 e. The lowest BCUT2D eigenvalue weighted by molar-refractivity contribution is -0.146. The van der Waals surface area contributed by atoms with Gasteiger partial charge in [-0.25, -0.2) is 13.2 Å². The van der Waals surface area contributed by atoms with Crippen LogP contribution in [0.3, 0.4) is 0 Å². The summed E-state index contributed by atoms with van der Waals surface area (Å²) in [6.45, 7) is 1.21. The Labute approximate surface area is 194 Å². The van der Waals surface area contributed by atoms with E-state index in [1.165, 1.54) is 13.0 Å². The van der Waals surface area contributed by atoms with E-state index in [4.69, 9.17) is 22.1 Å². The van der Waals surface area contributed by atoms with Crippen LogP contribution in [0, 0.1) is 0 Å². The topological polar surface area (TPSA) is 162 Å². The first-order valence-electron chi connectivity index (χ1n) is 9.61. The zero-order valence-corrected chi connectivity index (χ0v) is 18.8. The third-order valence-corrected chi connectivity index (χ3v) is 6.12.